The van der Waals surface area contributed by atoms with Crippen molar-refractivity contribution >= 4 is 27.4 Å². The lowest BCUT2D eigenvalue weighted by Gasteiger charge is -2.18. The maximum atomic E-state index is 12.8. The number of rotatable bonds is 8. The molecule has 0 unspecified atom stereocenters. The van der Waals surface area contributed by atoms with Crippen LogP contribution in [0.1, 0.15) is 19.5 Å². The zero-order valence-corrected chi connectivity index (χ0v) is 18.8. The summed E-state index contributed by atoms with van der Waals surface area (Å²) in [4.78, 5) is 4.77. The zero-order chi connectivity index (χ0) is 22.0. The number of aromatic nitrogens is 5. The molecule has 4 rings (SSSR count). The van der Waals surface area contributed by atoms with Gasteiger partial charge in [-0.2, -0.15) is 4.31 Å². The summed E-state index contributed by atoms with van der Waals surface area (Å²) >= 11 is 1.41. The molecule has 0 fully saturated rings. The van der Waals surface area contributed by atoms with Crippen LogP contribution >= 0.6 is 11.8 Å². The van der Waals surface area contributed by atoms with Crippen LogP contribution < -0.4 is 5.84 Å². The highest BCUT2D eigenvalue weighted by Gasteiger charge is 2.23. The zero-order valence-electron chi connectivity index (χ0n) is 17.2. The molecular formula is C20H23N7O2S2. The molecule has 0 spiro atoms. The number of nitrogens with two attached hydrogens (primary N) is 1. The van der Waals surface area contributed by atoms with Gasteiger partial charge in [-0.25, -0.2) is 18.1 Å². The minimum atomic E-state index is -3.58. The first-order chi connectivity index (χ1) is 14.9. The fourth-order valence-electron chi connectivity index (χ4n) is 3.28. The second-order valence-corrected chi connectivity index (χ2v) is 9.66. The van der Waals surface area contributed by atoms with E-state index in [-0.39, 0.29) is 4.90 Å². The molecule has 2 N–H and O–H groups in total. The molecular weight excluding hydrogens is 434 g/mol. The van der Waals surface area contributed by atoms with Crippen LogP contribution in [0.5, 0.6) is 0 Å². The normalized spacial score (nSPS) is 12.1. The SMILES string of the molecule is CCN(CC)S(=O)(=O)c1cccc(-c2nnc(SCc3cn4ccccc4n3)n2N)c1. The molecule has 31 heavy (non-hydrogen) atoms. The summed E-state index contributed by atoms with van der Waals surface area (Å²) in [5, 5.41) is 8.88. The highest BCUT2D eigenvalue weighted by atomic mass is 32.2. The molecule has 0 aliphatic heterocycles. The molecule has 0 aliphatic carbocycles. The van der Waals surface area contributed by atoms with E-state index >= 15 is 0 Å². The van der Waals surface area contributed by atoms with Crippen molar-refractivity contribution in [2.45, 2.75) is 29.7 Å². The Labute approximate surface area is 184 Å². The maximum Gasteiger partial charge on any atom is 0.243 e. The summed E-state index contributed by atoms with van der Waals surface area (Å²) in [6.45, 7) is 4.43. The van der Waals surface area contributed by atoms with Gasteiger partial charge >= 0.3 is 0 Å². The van der Waals surface area contributed by atoms with Gasteiger partial charge in [-0.3, -0.25) is 0 Å². The monoisotopic (exact) mass is 457 g/mol. The number of imidazole rings is 1. The summed E-state index contributed by atoms with van der Waals surface area (Å²) in [5.41, 5.74) is 2.36. The molecule has 0 bridgehead atoms. The number of benzene rings is 1. The van der Waals surface area contributed by atoms with E-state index in [1.54, 1.807) is 24.3 Å². The third kappa shape index (κ3) is 4.16. The summed E-state index contributed by atoms with van der Waals surface area (Å²) in [5.74, 6) is 7.21. The van der Waals surface area contributed by atoms with Crippen molar-refractivity contribution in [3.8, 4) is 11.4 Å². The van der Waals surface area contributed by atoms with Gasteiger partial charge in [0.1, 0.15) is 5.65 Å². The Balaban J connectivity index is 1.56. The Bertz CT molecular complexity index is 1280. The van der Waals surface area contributed by atoms with E-state index in [0.29, 0.717) is 35.4 Å². The van der Waals surface area contributed by atoms with E-state index in [1.165, 1.54) is 20.7 Å². The lowest BCUT2D eigenvalue weighted by molar-refractivity contribution is 0.445. The van der Waals surface area contributed by atoms with Crippen molar-refractivity contribution in [1.82, 2.24) is 28.6 Å². The van der Waals surface area contributed by atoms with E-state index in [4.69, 9.17) is 5.84 Å². The third-order valence-corrected chi connectivity index (χ3v) is 7.89. The molecule has 0 amide bonds. The largest absolute Gasteiger partial charge is 0.335 e. The molecule has 0 aliphatic rings. The predicted octanol–water partition coefficient (Wildman–Crippen LogP) is 2.63. The molecule has 0 saturated carbocycles. The molecule has 3 heterocycles. The fraction of sp³-hybridized carbons (Fsp3) is 0.250. The topological polar surface area (TPSA) is 111 Å². The van der Waals surface area contributed by atoms with Gasteiger partial charge in [-0.15, -0.1) is 10.2 Å². The van der Waals surface area contributed by atoms with Gasteiger partial charge in [0, 0.05) is 36.8 Å². The minimum Gasteiger partial charge on any atom is -0.335 e. The lowest BCUT2D eigenvalue weighted by atomic mass is 10.2. The first-order valence-corrected chi connectivity index (χ1v) is 12.2. The first-order valence-electron chi connectivity index (χ1n) is 9.80. The van der Waals surface area contributed by atoms with Crippen molar-refractivity contribution < 1.29 is 8.42 Å². The number of pyridine rings is 1. The predicted molar refractivity (Wildman–Crippen MR) is 120 cm³/mol. The molecule has 4 aromatic rings. The Morgan fingerprint density at radius 1 is 1.10 bits per heavy atom. The van der Waals surface area contributed by atoms with Crippen molar-refractivity contribution in [2.24, 2.45) is 0 Å². The van der Waals surface area contributed by atoms with Crippen LogP contribution in [-0.4, -0.2) is 50.1 Å². The number of hydrogen-bond acceptors (Lipinski definition) is 7. The van der Waals surface area contributed by atoms with Crippen LogP contribution in [0.3, 0.4) is 0 Å². The Hall–Kier alpha value is -2.89. The molecule has 0 saturated heterocycles. The van der Waals surface area contributed by atoms with Crippen LogP contribution in [0.15, 0.2) is 64.9 Å². The Morgan fingerprint density at radius 2 is 1.90 bits per heavy atom. The molecule has 1 aromatic carbocycles. The summed E-state index contributed by atoms with van der Waals surface area (Å²) in [7, 11) is -3.58. The minimum absolute atomic E-state index is 0.204. The molecule has 9 nitrogen and oxygen atoms in total. The molecule has 3 aromatic heterocycles. The quantitative estimate of drug-likeness (QED) is 0.320. The van der Waals surface area contributed by atoms with Gasteiger partial charge in [0.05, 0.1) is 10.6 Å². The van der Waals surface area contributed by atoms with Crippen LogP contribution in [0.2, 0.25) is 0 Å². The molecule has 162 valence electrons. The number of nitrogens with zero attached hydrogens (tertiary/aromatic N) is 6. The van der Waals surface area contributed by atoms with Gasteiger partial charge in [-0.05, 0) is 24.3 Å². The Kier molecular flexibility index (Phi) is 5.99. The van der Waals surface area contributed by atoms with Crippen molar-refractivity contribution in [1.29, 1.82) is 0 Å². The van der Waals surface area contributed by atoms with Crippen molar-refractivity contribution in [3.63, 3.8) is 0 Å². The van der Waals surface area contributed by atoms with Gasteiger partial charge in [0.25, 0.3) is 0 Å². The number of sulfonamides is 1. The van der Waals surface area contributed by atoms with E-state index in [0.717, 1.165) is 11.3 Å². The average molecular weight is 458 g/mol. The van der Waals surface area contributed by atoms with Crippen LogP contribution in [0.25, 0.3) is 17.0 Å². The van der Waals surface area contributed by atoms with E-state index in [1.807, 2.05) is 48.8 Å². The van der Waals surface area contributed by atoms with Gasteiger partial charge in [0.15, 0.2) is 5.82 Å². The second-order valence-electron chi connectivity index (χ2n) is 6.78. The van der Waals surface area contributed by atoms with Gasteiger partial charge < -0.3 is 10.2 Å². The van der Waals surface area contributed by atoms with Crippen molar-refractivity contribution in [2.75, 3.05) is 18.9 Å². The number of fused-ring (bicyclic) bond motifs is 1. The van der Waals surface area contributed by atoms with Crippen LogP contribution in [0, 0.1) is 0 Å². The summed E-state index contributed by atoms with van der Waals surface area (Å²) in [6, 6.07) is 12.4. The van der Waals surface area contributed by atoms with Crippen LogP contribution in [0.4, 0.5) is 0 Å². The summed E-state index contributed by atoms with van der Waals surface area (Å²) in [6.07, 6.45) is 3.90. The number of thioether (sulfide) groups is 1. The summed E-state index contributed by atoms with van der Waals surface area (Å²) < 4.78 is 30.4. The highest BCUT2D eigenvalue weighted by Crippen LogP contribution is 2.26. The smallest absolute Gasteiger partial charge is 0.243 e. The number of hydrogen-bond donors (Lipinski definition) is 1. The maximum absolute atomic E-state index is 12.8. The third-order valence-electron chi connectivity index (χ3n) is 4.86. The van der Waals surface area contributed by atoms with E-state index in [9.17, 15) is 8.42 Å². The standard InChI is InChI=1S/C20H23N7O2S2/c1-3-26(4-2)31(28,29)17-9-7-8-15(12-17)19-23-24-20(27(19)21)30-14-16-13-25-11-6-5-10-18(25)22-16/h5-13H,3-4,14,21H2,1-2H3. The molecule has 0 atom stereocenters. The lowest BCUT2D eigenvalue weighted by Crippen LogP contribution is -2.30. The number of nitrogen functional groups attached to an aromatic ring is 1. The molecule has 0 radical (unpaired) electrons. The van der Waals surface area contributed by atoms with Gasteiger partial charge in [0.2, 0.25) is 15.2 Å². The average Bonchev–Trinajstić information content (AvgIpc) is 3.36. The fourth-order valence-corrected chi connectivity index (χ4v) is 5.52. The van der Waals surface area contributed by atoms with E-state index < -0.39 is 10.0 Å². The van der Waals surface area contributed by atoms with Gasteiger partial charge in [-0.1, -0.05) is 43.8 Å². The second kappa shape index (κ2) is 8.69. The molecule has 11 heteroatoms. The van der Waals surface area contributed by atoms with Crippen molar-refractivity contribution in [3.05, 3.63) is 60.6 Å². The van der Waals surface area contributed by atoms with Crippen LogP contribution in [-0.2, 0) is 15.8 Å². The highest BCUT2D eigenvalue weighted by molar-refractivity contribution is 7.98. The van der Waals surface area contributed by atoms with E-state index in [2.05, 4.69) is 15.2 Å². The Morgan fingerprint density at radius 3 is 2.65 bits per heavy atom. The first kappa shape index (κ1) is 21.3.